The molecule has 0 spiro atoms. The average Bonchev–Trinajstić information content (AvgIpc) is 1.69. The molecule has 1 nitrogen and oxygen atoms in total. The molecule has 0 saturated heterocycles. The van der Waals surface area contributed by atoms with Crippen LogP contribution in [0.3, 0.4) is 0 Å². The minimum Gasteiger partial charge on any atom is -0.872 e. The van der Waals surface area contributed by atoms with E-state index in [0.29, 0.717) is 0 Å². The summed E-state index contributed by atoms with van der Waals surface area (Å²) in [7, 11) is 0. The Balaban J connectivity index is 0.000000490. The molecule has 0 amide bonds. The molecule has 0 atom stereocenters. The van der Waals surface area contributed by atoms with E-state index in [4.69, 9.17) is 0 Å². The molecule has 0 N–H and O–H groups in total. The van der Waals surface area contributed by atoms with Gasteiger partial charge in [-0.1, -0.05) is 24.3 Å². The third-order valence-electron chi connectivity index (χ3n) is 0.688. The second-order valence-electron chi connectivity index (χ2n) is 1.24. The third-order valence-corrected chi connectivity index (χ3v) is 0.688. The van der Waals surface area contributed by atoms with Crippen molar-refractivity contribution in [3.63, 3.8) is 0 Å². The Kier molecular flexibility index (Phi) is 3.43. The zero-order valence-electron chi connectivity index (χ0n) is 4.72. The minimum atomic E-state index is 0. The fraction of sp³-hybridized carbons (Fsp3) is 0. The van der Waals surface area contributed by atoms with Crippen LogP contribution in [0.25, 0.3) is 0 Å². The van der Waals surface area contributed by atoms with Gasteiger partial charge in [-0.2, -0.15) is 0 Å². The molecule has 1 rings (SSSR count). The molecule has 35 valence electrons. The van der Waals surface area contributed by atoms with Gasteiger partial charge in [-0.05, 0) is 6.07 Å². The predicted octanol–water partition coefficient (Wildman–Crippen LogP) is -2.44. The average molecular weight is 99.0 g/mol. The van der Waals surface area contributed by atoms with Crippen LogP contribution in [0.15, 0.2) is 24.3 Å². The van der Waals surface area contributed by atoms with E-state index in [9.17, 15) is 5.11 Å². The number of hydrogen-bond donors (Lipinski definition) is 0. The van der Waals surface area contributed by atoms with Crippen molar-refractivity contribution in [2.75, 3.05) is 0 Å². The van der Waals surface area contributed by atoms with Crippen LogP contribution < -0.4 is 24.0 Å². The Morgan fingerprint density at radius 3 is 2.00 bits per heavy atom. The summed E-state index contributed by atoms with van der Waals surface area (Å²) in [5.74, 6) is 0.0405. The van der Waals surface area contributed by atoms with Crippen molar-refractivity contribution in [2.45, 2.75) is 0 Å². The standard InChI is InChI=1S/C6H5O.Li/c7-6-4-2-1-3-5-6;/h2-5,7H;/q;+1/p-1. The summed E-state index contributed by atoms with van der Waals surface area (Å²) in [5, 5.41) is 10.2. The number of benzene rings is 1. The molecule has 0 saturated carbocycles. The van der Waals surface area contributed by atoms with Gasteiger partial charge in [0, 0.05) is 0 Å². The van der Waals surface area contributed by atoms with Gasteiger partial charge in [0.25, 0.3) is 0 Å². The molecule has 2 heteroatoms. The molecule has 1 aromatic carbocycles. The van der Waals surface area contributed by atoms with E-state index in [1.54, 1.807) is 12.1 Å². The van der Waals surface area contributed by atoms with Crippen LogP contribution in [-0.2, 0) is 0 Å². The van der Waals surface area contributed by atoms with Gasteiger partial charge in [-0.3, -0.25) is 0 Å². The van der Waals surface area contributed by atoms with Gasteiger partial charge in [0.05, 0.1) is 0 Å². The molecule has 1 radical (unpaired) electrons. The van der Waals surface area contributed by atoms with Crippen molar-refractivity contribution >= 4 is 0 Å². The minimum absolute atomic E-state index is 0. The van der Waals surface area contributed by atoms with E-state index >= 15 is 0 Å². The maximum atomic E-state index is 10.2. The first-order valence-corrected chi connectivity index (χ1v) is 2.03. The van der Waals surface area contributed by atoms with Crippen molar-refractivity contribution in [3.8, 4) is 5.75 Å². The van der Waals surface area contributed by atoms with Crippen molar-refractivity contribution in [1.82, 2.24) is 0 Å². The first-order chi connectivity index (χ1) is 3.39. The van der Waals surface area contributed by atoms with Crippen LogP contribution in [-0.4, -0.2) is 0 Å². The van der Waals surface area contributed by atoms with Crippen molar-refractivity contribution < 1.29 is 24.0 Å². The van der Waals surface area contributed by atoms with Gasteiger partial charge < -0.3 is 5.11 Å². The van der Waals surface area contributed by atoms with E-state index in [0.717, 1.165) is 0 Å². The number of hydrogen-bond acceptors (Lipinski definition) is 1. The third kappa shape index (κ3) is 2.06. The van der Waals surface area contributed by atoms with E-state index in [1.165, 1.54) is 12.1 Å². The van der Waals surface area contributed by atoms with Gasteiger partial charge in [0.15, 0.2) is 0 Å². The molecular formula is C6H4LiO. The van der Waals surface area contributed by atoms with Crippen LogP contribution in [0.2, 0.25) is 0 Å². The van der Waals surface area contributed by atoms with Gasteiger partial charge >= 0.3 is 18.9 Å². The molecule has 0 fully saturated rings. The Hall–Kier alpha value is -0.383. The SMILES string of the molecule is [Li+].[O-]c1cc[c]cc1. The first kappa shape index (κ1) is 7.62. The van der Waals surface area contributed by atoms with Gasteiger partial charge in [0.2, 0.25) is 0 Å². The van der Waals surface area contributed by atoms with Crippen molar-refractivity contribution in [2.24, 2.45) is 0 Å². The smallest absolute Gasteiger partial charge is 0.872 e. The fourth-order valence-electron chi connectivity index (χ4n) is 0.372. The van der Waals surface area contributed by atoms with Gasteiger partial charge in [-0.15, -0.1) is 5.75 Å². The second-order valence-corrected chi connectivity index (χ2v) is 1.24. The van der Waals surface area contributed by atoms with Crippen LogP contribution in [0.4, 0.5) is 0 Å². The molecule has 0 heterocycles. The second kappa shape index (κ2) is 3.60. The Labute approximate surface area is 60.5 Å². The summed E-state index contributed by atoms with van der Waals surface area (Å²) in [5.41, 5.74) is 0. The zero-order chi connectivity index (χ0) is 5.11. The summed E-state index contributed by atoms with van der Waals surface area (Å²) in [6.07, 6.45) is 0. The fourth-order valence-corrected chi connectivity index (χ4v) is 0.372. The summed E-state index contributed by atoms with van der Waals surface area (Å²) in [6.45, 7) is 0. The maximum Gasteiger partial charge on any atom is 1.00 e. The molecule has 0 aliphatic carbocycles. The molecule has 0 bridgehead atoms. The Morgan fingerprint density at radius 1 is 1.25 bits per heavy atom. The van der Waals surface area contributed by atoms with E-state index < -0.39 is 0 Å². The van der Waals surface area contributed by atoms with Crippen LogP contribution in [0.1, 0.15) is 0 Å². The van der Waals surface area contributed by atoms with Crippen LogP contribution in [0.5, 0.6) is 5.75 Å². The normalized spacial score (nSPS) is 7.50. The van der Waals surface area contributed by atoms with Gasteiger partial charge in [0.1, 0.15) is 0 Å². The molecule has 0 aliphatic rings. The molecule has 8 heavy (non-hydrogen) atoms. The summed E-state index contributed by atoms with van der Waals surface area (Å²) in [4.78, 5) is 0. The quantitative estimate of drug-likeness (QED) is 0.331. The summed E-state index contributed by atoms with van der Waals surface area (Å²) < 4.78 is 0. The summed E-state index contributed by atoms with van der Waals surface area (Å²) >= 11 is 0. The largest absolute Gasteiger partial charge is 1.00 e. The topological polar surface area (TPSA) is 23.1 Å². The van der Waals surface area contributed by atoms with E-state index in [2.05, 4.69) is 6.07 Å². The Bertz CT molecular complexity index is 138. The van der Waals surface area contributed by atoms with E-state index in [-0.39, 0.29) is 24.6 Å². The van der Waals surface area contributed by atoms with Gasteiger partial charge in [-0.25, -0.2) is 0 Å². The monoisotopic (exact) mass is 99.0 g/mol. The molecule has 1 aromatic rings. The first-order valence-electron chi connectivity index (χ1n) is 2.03. The van der Waals surface area contributed by atoms with Crippen molar-refractivity contribution in [1.29, 1.82) is 0 Å². The number of rotatable bonds is 0. The molecule has 0 aliphatic heterocycles. The molecule has 0 aromatic heterocycles. The van der Waals surface area contributed by atoms with Crippen LogP contribution >= 0.6 is 0 Å². The Morgan fingerprint density at radius 2 is 1.75 bits per heavy atom. The molecule has 0 unspecified atom stereocenters. The molecular weight excluding hydrogens is 95.0 g/mol. The maximum absolute atomic E-state index is 10.2. The van der Waals surface area contributed by atoms with E-state index in [1.807, 2.05) is 0 Å². The zero-order valence-corrected chi connectivity index (χ0v) is 4.72. The predicted molar refractivity (Wildman–Crippen MR) is 24.7 cm³/mol. The van der Waals surface area contributed by atoms with Crippen molar-refractivity contribution in [3.05, 3.63) is 30.3 Å². The summed E-state index contributed by atoms with van der Waals surface area (Å²) in [6, 6.07) is 8.88. The van der Waals surface area contributed by atoms with Crippen LogP contribution in [0, 0.1) is 6.07 Å².